The molecule has 1 aliphatic carbocycles. The van der Waals surface area contributed by atoms with Gasteiger partial charge in [0, 0.05) is 30.9 Å². The molecule has 0 aromatic heterocycles. The first-order chi connectivity index (χ1) is 12.2. The van der Waals surface area contributed by atoms with E-state index in [0.29, 0.717) is 12.1 Å². The molecule has 2 fully saturated rings. The normalized spacial score (nSPS) is 24.8. The van der Waals surface area contributed by atoms with Crippen LogP contribution < -0.4 is 10.2 Å². The fraction of sp³-hybridized carbons (Fsp3) is 0.579. The summed E-state index contributed by atoms with van der Waals surface area (Å²) in [7, 11) is 0. The topological polar surface area (TPSA) is 58.6 Å². The van der Waals surface area contributed by atoms with E-state index >= 15 is 0 Å². The van der Waals surface area contributed by atoms with Crippen LogP contribution in [0.2, 0.25) is 0 Å². The molecule has 7 heteroatoms. The molecule has 26 heavy (non-hydrogen) atoms. The van der Waals surface area contributed by atoms with E-state index in [4.69, 9.17) is 27.9 Å². The Morgan fingerprint density at radius 1 is 1.23 bits per heavy atom. The third kappa shape index (κ3) is 4.09. The van der Waals surface area contributed by atoms with Crippen molar-refractivity contribution in [2.45, 2.75) is 37.4 Å². The molecule has 1 aromatic carbocycles. The molecule has 1 saturated heterocycles. The molecule has 1 amide bonds. The number of nitrogens with one attached hydrogen (secondary N) is 1. The van der Waals surface area contributed by atoms with Gasteiger partial charge in [-0.05, 0) is 49.9 Å². The van der Waals surface area contributed by atoms with Gasteiger partial charge in [0.25, 0.3) is 5.91 Å². The van der Waals surface area contributed by atoms with Crippen molar-refractivity contribution in [3.05, 3.63) is 24.3 Å². The van der Waals surface area contributed by atoms with E-state index in [0.717, 1.165) is 24.7 Å². The van der Waals surface area contributed by atoms with Gasteiger partial charge in [0.05, 0.1) is 0 Å². The van der Waals surface area contributed by atoms with Gasteiger partial charge in [-0.2, -0.15) is 0 Å². The largest absolute Gasteiger partial charge is 0.455 e. The molecule has 142 valence electrons. The second-order valence-corrected chi connectivity index (χ2v) is 9.04. The number of carbonyl (C=O) groups is 2. The molecule has 1 atom stereocenters. The fourth-order valence-electron chi connectivity index (χ4n) is 3.13. The van der Waals surface area contributed by atoms with Crippen LogP contribution in [0.3, 0.4) is 0 Å². The Balaban J connectivity index is 1.47. The van der Waals surface area contributed by atoms with E-state index in [1.54, 1.807) is 6.92 Å². The van der Waals surface area contributed by atoms with E-state index in [2.05, 4.69) is 17.1 Å². The van der Waals surface area contributed by atoms with Crippen LogP contribution in [0.15, 0.2) is 24.3 Å². The van der Waals surface area contributed by atoms with Gasteiger partial charge in [0.15, 0.2) is 6.61 Å². The number of esters is 1. The molecule has 3 rings (SSSR count). The number of alkyl halides is 2. The Morgan fingerprint density at radius 3 is 2.35 bits per heavy atom. The van der Waals surface area contributed by atoms with Crippen molar-refractivity contribution in [1.82, 2.24) is 0 Å². The number of hydrogen-bond donors (Lipinski definition) is 1. The predicted octanol–water partition coefficient (Wildman–Crippen LogP) is 3.99. The first kappa shape index (κ1) is 19.3. The number of nitrogens with zero attached hydrogens (tertiary/aromatic N) is 1. The molecule has 1 saturated carbocycles. The summed E-state index contributed by atoms with van der Waals surface area (Å²) in [6.45, 7) is 5.68. The van der Waals surface area contributed by atoms with Gasteiger partial charge >= 0.3 is 5.97 Å². The van der Waals surface area contributed by atoms with Crippen LogP contribution >= 0.6 is 23.2 Å². The van der Waals surface area contributed by atoms with Gasteiger partial charge in [0.2, 0.25) is 0 Å². The van der Waals surface area contributed by atoms with Crippen molar-refractivity contribution in [2.75, 3.05) is 29.9 Å². The first-order valence-corrected chi connectivity index (χ1v) is 9.67. The highest BCUT2D eigenvalue weighted by atomic mass is 35.5. The molecule has 5 nitrogen and oxygen atoms in total. The maximum atomic E-state index is 12.0. The van der Waals surface area contributed by atoms with Gasteiger partial charge in [-0.3, -0.25) is 9.59 Å². The van der Waals surface area contributed by atoms with Gasteiger partial charge in [-0.15, -0.1) is 23.2 Å². The lowest BCUT2D eigenvalue weighted by atomic mass is 9.99. The van der Waals surface area contributed by atoms with Crippen LogP contribution in [-0.2, 0) is 14.3 Å². The van der Waals surface area contributed by atoms with E-state index in [9.17, 15) is 9.59 Å². The Bertz CT molecular complexity index is 685. The number of amides is 1. The molecule has 0 radical (unpaired) electrons. The third-order valence-electron chi connectivity index (χ3n) is 5.34. The SMILES string of the molecule is CC1CCN(c2ccc(NC(=O)COC(=O)[C@@]3(C)CC3(Cl)Cl)cc2)CC1. The predicted molar refractivity (Wildman–Crippen MR) is 104 cm³/mol. The van der Waals surface area contributed by atoms with Crippen molar-refractivity contribution in [2.24, 2.45) is 11.3 Å². The van der Waals surface area contributed by atoms with Crippen LogP contribution in [0.25, 0.3) is 0 Å². The molecule has 1 aromatic rings. The second-order valence-electron chi connectivity index (χ2n) is 7.55. The lowest BCUT2D eigenvalue weighted by Crippen LogP contribution is -2.32. The number of rotatable bonds is 5. The molecular weight excluding hydrogens is 375 g/mol. The Kier molecular flexibility index (Phi) is 5.40. The second kappa shape index (κ2) is 7.28. The number of benzene rings is 1. The summed E-state index contributed by atoms with van der Waals surface area (Å²) in [6, 6.07) is 7.71. The van der Waals surface area contributed by atoms with Crippen LogP contribution in [0, 0.1) is 11.3 Å². The van der Waals surface area contributed by atoms with Crippen molar-refractivity contribution in [1.29, 1.82) is 0 Å². The molecule has 0 bridgehead atoms. The average Bonchev–Trinajstić information content (AvgIpc) is 3.13. The quantitative estimate of drug-likeness (QED) is 0.601. The maximum absolute atomic E-state index is 12.0. The summed E-state index contributed by atoms with van der Waals surface area (Å²) in [4.78, 5) is 26.3. The Morgan fingerprint density at radius 2 is 1.81 bits per heavy atom. The van der Waals surface area contributed by atoms with E-state index < -0.39 is 21.6 Å². The summed E-state index contributed by atoms with van der Waals surface area (Å²) in [5.41, 5.74) is 0.898. The minimum atomic E-state index is -1.09. The summed E-state index contributed by atoms with van der Waals surface area (Å²) in [6.07, 6.45) is 2.74. The highest BCUT2D eigenvalue weighted by Gasteiger charge is 2.69. The zero-order valence-electron chi connectivity index (χ0n) is 15.1. The summed E-state index contributed by atoms with van der Waals surface area (Å²) in [5, 5.41) is 2.73. The standard InChI is InChI=1S/C19H24Cl2N2O3/c1-13-7-9-23(10-8-13)15-5-3-14(4-6-15)22-16(24)11-26-17(25)18(2)12-19(18,20)21/h3-6,13H,7-12H2,1-2H3,(H,22,24)/t18-/m1/s1. The Hall–Kier alpha value is -1.46. The van der Waals surface area contributed by atoms with Gasteiger partial charge in [-0.25, -0.2) is 0 Å². The minimum absolute atomic E-state index is 0.334. The van der Waals surface area contributed by atoms with Crippen molar-refractivity contribution in [3.63, 3.8) is 0 Å². The van der Waals surface area contributed by atoms with Crippen molar-refractivity contribution >= 4 is 46.5 Å². The number of hydrogen-bond acceptors (Lipinski definition) is 4. The molecule has 1 heterocycles. The number of halogens is 2. The summed E-state index contributed by atoms with van der Waals surface area (Å²) >= 11 is 11.9. The molecule has 0 unspecified atom stereocenters. The highest BCUT2D eigenvalue weighted by molar-refractivity contribution is 6.53. The number of ether oxygens (including phenoxy) is 1. The number of piperidine rings is 1. The number of carbonyl (C=O) groups excluding carboxylic acids is 2. The minimum Gasteiger partial charge on any atom is -0.455 e. The van der Waals surface area contributed by atoms with Crippen molar-refractivity contribution in [3.8, 4) is 0 Å². The van der Waals surface area contributed by atoms with Gasteiger partial charge < -0.3 is 15.0 Å². The molecule has 1 aliphatic heterocycles. The molecule has 0 spiro atoms. The van der Waals surface area contributed by atoms with E-state index in [-0.39, 0.29) is 6.61 Å². The van der Waals surface area contributed by atoms with Gasteiger partial charge in [-0.1, -0.05) is 6.92 Å². The van der Waals surface area contributed by atoms with Crippen LogP contribution in [0.5, 0.6) is 0 Å². The van der Waals surface area contributed by atoms with Gasteiger partial charge in [0.1, 0.15) is 9.75 Å². The zero-order chi connectivity index (χ0) is 18.9. The smallest absolute Gasteiger partial charge is 0.315 e. The number of anilines is 2. The lowest BCUT2D eigenvalue weighted by Gasteiger charge is -2.32. The van der Waals surface area contributed by atoms with E-state index in [1.165, 1.54) is 12.8 Å². The molecule has 1 N–H and O–H groups in total. The zero-order valence-corrected chi connectivity index (χ0v) is 16.6. The molecule has 2 aliphatic rings. The Labute approximate surface area is 164 Å². The highest BCUT2D eigenvalue weighted by Crippen LogP contribution is 2.64. The summed E-state index contributed by atoms with van der Waals surface area (Å²) < 4.78 is 3.94. The van der Waals surface area contributed by atoms with E-state index in [1.807, 2.05) is 24.3 Å². The fourth-order valence-corrected chi connectivity index (χ4v) is 3.82. The van der Waals surface area contributed by atoms with Crippen LogP contribution in [0.4, 0.5) is 11.4 Å². The molecular formula is C19H24Cl2N2O3. The van der Waals surface area contributed by atoms with Crippen molar-refractivity contribution < 1.29 is 14.3 Å². The van der Waals surface area contributed by atoms with Crippen LogP contribution in [-0.4, -0.2) is 35.9 Å². The summed E-state index contributed by atoms with van der Waals surface area (Å²) in [5.74, 6) is -0.155. The average molecular weight is 399 g/mol. The third-order valence-corrected chi connectivity index (χ3v) is 6.44. The van der Waals surface area contributed by atoms with Crippen LogP contribution in [0.1, 0.15) is 33.1 Å². The lowest BCUT2D eigenvalue weighted by molar-refractivity contribution is -0.152. The monoisotopic (exact) mass is 398 g/mol. The first-order valence-electron chi connectivity index (χ1n) is 8.91. The maximum Gasteiger partial charge on any atom is 0.315 e.